The summed E-state index contributed by atoms with van der Waals surface area (Å²) < 4.78 is 64.4. The number of fused-ring (bicyclic) bond motifs is 1. The van der Waals surface area contributed by atoms with Crippen molar-refractivity contribution in [3.8, 4) is 0 Å². The van der Waals surface area contributed by atoms with Crippen molar-refractivity contribution in [1.29, 1.82) is 0 Å². The molecular weight excluding hydrogens is 365 g/mol. The maximum absolute atomic E-state index is 14.4. The Labute approximate surface area is 152 Å². The average molecular weight is 386 g/mol. The van der Waals surface area contributed by atoms with Gasteiger partial charge in [-0.25, -0.2) is 17.5 Å². The van der Waals surface area contributed by atoms with Crippen LogP contribution in [0.2, 0.25) is 0 Å². The molecule has 0 aliphatic carbocycles. The first-order valence-corrected chi connectivity index (χ1v) is 9.86. The van der Waals surface area contributed by atoms with E-state index in [9.17, 15) is 22.3 Å². The second-order valence-electron chi connectivity index (χ2n) is 6.30. The molecule has 2 aromatic carbocycles. The SMILES string of the molecule is CNCCC[C@H]1Cc2cc(F)ccc2N(c2ccc(F)cc2F)S1(O)O. The lowest BCUT2D eigenvalue weighted by Crippen LogP contribution is -2.38. The molecule has 0 fully saturated rings. The molecule has 2 aromatic rings. The fourth-order valence-corrected chi connectivity index (χ4v) is 5.34. The minimum atomic E-state index is -3.44. The van der Waals surface area contributed by atoms with Gasteiger partial charge < -0.3 is 5.32 Å². The van der Waals surface area contributed by atoms with Crippen LogP contribution in [0.4, 0.5) is 24.5 Å². The fourth-order valence-electron chi connectivity index (χ4n) is 3.25. The Balaban J connectivity index is 2.09. The molecule has 3 N–H and O–H groups in total. The summed E-state index contributed by atoms with van der Waals surface area (Å²) in [5, 5.41) is 2.40. The van der Waals surface area contributed by atoms with Crippen LogP contribution in [0.5, 0.6) is 0 Å². The minimum Gasteiger partial charge on any atom is -0.320 e. The van der Waals surface area contributed by atoms with Crippen LogP contribution in [-0.4, -0.2) is 27.9 Å². The Kier molecular flexibility index (Phi) is 5.47. The number of anilines is 2. The highest BCUT2D eigenvalue weighted by molar-refractivity contribution is 8.26. The van der Waals surface area contributed by atoms with Crippen LogP contribution >= 0.6 is 10.8 Å². The first-order chi connectivity index (χ1) is 12.3. The summed E-state index contributed by atoms with van der Waals surface area (Å²) in [4.78, 5) is 0. The largest absolute Gasteiger partial charge is 0.320 e. The molecule has 0 radical (unpaired) electrons. The lowest BCUT2D eigenvalue weighted by molar-refractivity contribution is 0.453. The molecule has 1 heterocycles. The van der Waals surface area contributed by atoms with Gasteiger partial charge in [-0.2, -0.15) is 0 Å². The van der Waals surface area contributed by atoms with Crippen LogP contribution < -0.4 is 9.62 Å². The highest BCUT2D eigenvalue weighted by Crippen LogP contribution is 2.61. The van der Waals surface area contributed by atoms with Crippen molar-refractivity contribution in [2.24, 2.45) is 0 Å². The number of benzene rings is 2. The molecule has 0 aromatic heterocycles. The highest BCUT2D eigenvalue weighted by Gasteiger charge is 2.40. The van der Waals surface area contributed by atoms with Gasteiger partial charge >= 0.3 is 0 Å². The molecule has 3 rings (SSSR count). The number of nitrogens with one attached hydrogen (secondary N) is 1. The zero-order valence-corrected chi connectivity index (χ0v) is 15.1. The van der Waals surface area contributed by atoms with Crippen LogP contribution in [0.3, 0.4) is 0 Å². The third-order valence-electron chi connectivity index (χ3n) is 4.51. The van der Waals surface area contributed by atoms with Crippen molar-refractivity contribution >= 4 is 22.2 Å². The zero-order valence-electron chi connectivity index (χ0n) is 14.3. The van der Waals surface area contributed by atoms with Gasteiger partial charge in [0, 0.05) is 6.07 Å². The number of rotatable bonds is 5. The van der Waals surface area contributed by atoms with Gasteiger partial charge in [-0.1, -0.05) is 0 Å². The predicted molar refractivity (Wildman–Crippen MR) is 98.4 cm³/mol. The van der Waals surface area contributed by atoms with Crippen LogP contribution in [-0.2, 0) is 6.42 Å². The fraction of sp³-hybridized carbons (Fsp3) is 0.333. The van der Waals surface area contributed by atoms with Gasteiger partial charge in [0.25, 0.3) is 0 Å². The maximum atomic E-state index is 14.4. The quantitative estimate of drug-likeness (QED) is 0.644. The summed E-state index contributed by atoms with van der Waals surface area (Å²) in [5.41, 5.74) is 0.744. The molecule has 0 saturated heterocycles. The summed E-state index contributed by atoms with van der Waals surface area (Å²) in [6.07, 6.45) is 1.43. The highest BCUT2D eigenvalue weighted by atomic mass is 32.3. The first kappa shape index (κ1) is 19.0. The summed E-state index contributed by atoms with van der Waals surface area (Å²) in [5.74, 6) is -2.11. The third kappa shape index (κ3) is 3.55. The molecule has 1 atom stereocenters. The van der Waals surface area contributed by atoms with Gasteiger partial charge in [0.15, 0.2) is 5.82 Å². The molecule has 0 amide bonds. The van der Waals surface area contributed by atoms with Gasteiger partial charge in [0.1, 0.15) is 11.6 Å². The standard InChI is InChI=1S/C18H21F3N2O2S/c1-22-8-2-3-15-10-12-9-13(19)4-6-17(12)23(26(15,24)25)18-7-5-14(20)11-16(18)21/h4-7,9,11,15,22,24-25H,2-3,8,10H2,1H3/t15-/m0/s1. The van der Waals surface area contributed by atoms with Crippen LogP contribution in [0.1, 0.15) is 18.4 Å². The minimum absolute atomic E-state index is 0.141. The van der Waals surface area contributed by atoms with E-state index in [4.69, 9.17) is 0 Å². The van der Waals surface area contributed by atoms with E-state index in [1.165, 1.54) is 24.3 Å². The van der Waals surface area contributed by atoms with Gasteiger partial charge in [0.05, 0.1) is 16.6 Å². The van der Waals surface area contributed by atoms with Gasteiger partial charge in [0.2, 0.25) is 0 Å². The Morgan fingerprint density at radius 3 is 2.38 bits per heavy atom. The monoisotopic (exact) mass is 386 g/mol. The van der Waals surface area contributed by atoms with Crippen molar-refractivity contribution < 1.29 is 22.3 Å². The number of nitrogens with zero attached hydrogens (tertiary/aromatic N) is 1. The maximum Gasteiger partial charge on any atom is 0.151 e. The number of hydrogen-bond donors (Lipinski definition) is 3. The lowest BCUT2D eigenvalue weighted by atomic mass is 10.0. The summed E-state index contributed by atoms with van der Waals surface area (Å²) in [7, 11) is -1.64. The second-order valence-corrected chi connectivity index (χ2v) is 8.45. The van der Waals surface area contributed by atoms with E-state index in [-0.39, 0.29) is 12.1 Å². The molecule has 8 heteroatoms. The Bertz CT molecular complexity index is 804. The topological polar surface area (TPSA) is 55.7 Å². The molecule has 0 spiro atoms. The van der Waals surface area contributed by atoms with Gasteiger partial charge in [-0.05, 0) is 68.8 Å². The normalized spacial score (nSPS) is 19.9. The van der Waals surface area contributed by atoms with Gasteiger partial charge in [-0.3, -0.25) is 9.11 Å². The van der Waals surface area contributed by atoms with E-state index in [1.807, 2.05) is 0 Å². The molecule has 4 nitrogen and oxygen atoms in total. The van der Waals surface area contributed by atoms with Crippen LogP contribution in [0.15, 0.2) is 36.4 Å². The Morgan fingerprint density at radius 2 is 1.73 bits per heavy atom. The summed E-state index contributed by atoms with van der Waals surface area (Å²) in [6, 6.07) is 6.82. The van der Waals surface area contributed by atoms with Gasteiger partial charge in [-0.15, -0.1) is 10.8 Å². The van der Waals surface area contributed by atoms with Crippen molar-refractivity contribution in [1.82, 2.24) is 5.32 Å². The van der Waals surface area contributed by atoms with E-state index in [2.05, 4.69) is 5.32 Å². The lowest BCUT2D eigenvalue weighted by Gasteiger charge is -2.53. The molecule has 0 bridgehead atoms. The molecule has 1 aliphatic rings. The molecule has 0 unspecified atom stereocenters. The second kappa shape index (κ2) is 7.48. The van der Waals surface area contributed by atoms with Crippen LogP contribution in [0.25, 0.3) is 0 Å². The molecule has 142 valence electrons. The van der Waals surface area contributed by atoms with Crippen molar-refractivity contribution in [2.45, 2.75) is 24.5 Å². The smallest absolute Gasteiger partial charge is 0.151 e. The van der Waals surface area contributed by atoms with Crippen molar-refractivity contribution in [2.75, 3.05) is 17.9 Å². The van der Waals surface area contributed by atoms with Crippen molar-refractivity contribution in [3.63, 3.8) is 0 Å². The summed E-state index contributed by atoms with van der Waals surface area (Å²) in [6.45, 7) is 0.687. The Hall–Kier alpha value is -1.74. The predicted octanol–water partition coefficient (Wildman–Crippen LogP) is 4.83. The molecule has 1 aliphatic heterocycles. The van der Waals surface area contributed by atoms with Crippen molar-refractivity contribution in [3.05, 3.63) is 59.4 Å². The first-order valence-electron chi connectivity index (χ1n) is 8.30. The van der Waals surface area contributed by atoms with E-state index in [0.717, 1.165) is 10.4 Å². The molecule has 26 heavy (non-hydrogen) atoms. The average Bonchev–Trinajstić information content (AvgIpc) is 2.57. The summed E-state index contributed by atoms with van der Waals surface area (Å²) >= 11 is 0. The third-order valence-corrected chi connectivity index (χ3v) is 6.73. The Morgan fingerprint density at radius 1 is 1.08 bits per heavy atom. The molecule has 0 saturated carbocycles. The zero-order chi connectivity index (χ0) is 18.9. The van der Waals surface area contributed by atoms with E-state index < -0.39 is 33.5 Å². The van der Waals surface area contributed by atoms with E-state index in [1.54, 1.807) is 7.05 Å². The van der Waals surface area contributed by atoms with E-state index >= 15 is 0 Å². The van der Waals surface area contributed by atoms with Crippen LogP contribution in [0, 0.1) is 17.5 Å². The molecular formula is C18H21F3N2O2S. The number of halogens is 3. The number of hydrogen-bond acceptors (Lipinski definition) is 4. The van der Waals surface area contributed by atoms with E-state index in [0.29, 0.717) is 36.7 Å².